The molecule has 4 heteroatoms. The second-order valence-corrected chi connectivity index (χ2v) is 27.4. The molecule has 0 unspecified atom stereocenters. The van der Waals surface area contributed by atoms with Crippen molar-refractivity contribution in [1.29, 1.82) is 10.5 Å². The quantitative estimate of drug-likeness (QED) is 0.128. The van der Waals surface area contributed by atoms with Gasteiger partial charge in [0.1, 0.15) is 0 Å². The molecule has 0 N–H and O–H groups in total. The standard InChI is InChI=1S/C82H74N4/c1-79(2,3)65-45-66(80(4,5)6)48-71(47-65)85(69-41-61(55-19-15-13-16-20-55)39-63(43-69)57-27-23-53(51-83)24-28-57)75-37-33-59-32-36-74-76(38-34-60-31-35-73(75)77(59)78(60)74)86(72-49-67(81(7,8)9)46-68(50-72)82(10,11)12)70-42-62(56-21-17-14-18-22-56)40-64(44-70)58-29-25-54(52-84)26-30-58/h13-50H,1-12H3. The summed E-state index contributed by atoms with van der Waals surface area (Å²) in [6, 6.07) is 89.0. The van der Waals surface area contributed by atoms with E-state index in [1.54, 1.807) is 0 Å². The van der Waals surface area contributed by atoms with Crippen molar-refractivity contribution in [2.24, 2.45) is 0 Å². The first-order valence-electron chi connectivity index (χ1n) is 30.1. The summed E-state index contributed by atoms with van der Waals surface area (Å²) in [6.07, 6.45) is 0. The van der Waals surface area contributed by atoms with E-state index in [0.717, 1.165) is 89.4 Å². The highest BCUT2D eigenvalue weighted by atomic mass is 15.2. The zero-order chi connectivity index (χ0) is 60.5. The number of hydrogen-bond donors (Lipinski definition) is 0. The molecule has 0 spiro atoms. The first-order chi connectivity index (χ1) is 41.0. The van der Waals surface area contributed by atoms with Crippen molar-refractivity contribution in [3.05, 3.63) is 264 Å². The normalized spacial score (nSPS) is 12.2. The largest absolute Gasteiger partial charge is 0.310 e. The number of benzene rings is 12. The maximum Gasteiger partial charge on any atom is 0.0991 e. The molecule has 0 aliphatic heterocycles. The Morgan fingerprint density at radius 3 is 0.837 bits per heavy atom. The molecule has 0 saturated heterocycles. The highest BCUT2D eigenvalue weighted by Crippen LogP contribution is 2.51. The maximum absolute atomic E-state index is 9.87. The smallest absolute Gasteiger partial charge is 0.0991 e. The van der Waals surface area contributed by atoms with E-state index in [0.29, 0.717) is 11.1 Å². The van der Waals surface area contributed by atoms with Crippen LogP contribution in [0, 0.1) is 22.7 Å². The van der Waals surface area contributed by atoms with Crippen molar-refractivity contribution in [2.75, 3.05) is 9.80 Å². The first kappa shape index (κ1) is 56.7. The molecule has 12 aromatic rings. The summed E-state index contributed by atoms with van der Waals surface area (Å²) >= 11 is 0. The summed E-state index contributed by atoms with van der Waals surface area (Å²) in [5.41, 5.74) is 20.8. The summed E-state index contributed by atoms with van der Waals surface area (Å²) in [5.74, 6) is 0. The van der Waals surface area contributed by atoms with Crippen LogP contribution in [0.5, 0.6) is 0 Å². The number of anilines is 6. The minimum atomic E-state index is -0.143. The predicted octanol–water partition coefficient (Wildman–Crippen LogP) is 23.1. The van der Waals surface area contributed by atoms with Gasteiger partial charge < -0.3 is 9.80 Å². The second kappa shape index (κ2) is 21.7. The van der Waals surface area contributed by atoms with Gasteiger partial charge >= 0.3 is 0 Å². The maximum atomic E-state index is 9.87. The van der Waals surface area contributed by atoms with Crippen molar-refractivity contribution >= 4 is 66.4 Å². The molecule has 0 atom stereocenters. The molecular weight excluding hydrogens is 1040 g/mol. The lowest BCUT2D eigenvalue weighted by molar-refractivity contribution is 0.568. The average Bonchev–Trinajstić information content (AvgIpc) is 0.800. The Morgan fingerprint density at radius 1 is 0.267 bits per heavy atom. The third kappa shape index (κ3) is 11.0. The average molecular weight is 1120 g/mol. The van der Waals surface area contributed by atoms with Gasteiger partial charge in [-0.15, -0.1) is 0 Å². The fourth-order valence-electron chi connectivity index (χ4n) is 12.1. The van der Waals surface area contributed by atoms with Crippen LogP contribution < -0.4 is 9.80 Å². The number of rotatable bonds is 10. The fraction of sp³-hybridized carbons (Fsp3) is 0.195. The Morgan fingerprint density at radius 2 is 0.547 bits per heavy atom. The van der Waals surface area contributed by atoms with E-state index in [4.69, 9.17) is 0 Å². The molecule has 12 aromatic carbocycles. The lowest BCUT2D eigenvalue weighted by Crippen LogP contribution is -2.19. The number of hydrogen-bond acceptors (Lipinski definition) is 4. The minimum Gasteiger partial charge on any atom is -0.310 e. The molecule has 0 aliphatic carbocycles. The van der Waals surface area contributed by atoms with Crippen LogP contribution in [-0.2, 0) is 21.7 Å². The molecule has 12 rings (SSSR count). The van der Waals surface area contributed by atoms with Crippen LogP contribution in [0.25, 0.3) is 76.8 Å². The molecule has 0 aromatic heterocycles. The Bertz CT molecular complexity index is 4240. The van der Waals surface area contributed by atoms with Crippen molar-refractivity contribution in [3.8, 4) is 56.6 Å². The third-order valence-electron chi connectivity index (χ3n) is 17.2. The van der Waals surface area contributed by atoms with Crippen molar-refractivity contribution in [3.63, 3.8) is 0 Å². The van der Waals surface area contributed by atoms with Crippen molar-refractivity contribution in [2.45, 2.75) is 105 Å². The Balaban J connectivity index is 1.17. The summed E-state index contributed by atoms with van der Waals surface area (Å²) in [7, 11) is 0. The van der Waals surface area contributed by atoms with Gasteiger partial charge in [0.15, 0.2) is 0 Å². The van der Waals surface area contributed by atoms with Gasteiger partial charge in [0.2, 0.25) is 0 Å². The molecule has 0 bridgehead atoms. The van der Waals surface area contributed by atoms with Gasteiger partial charge in [-0.1, -0.05) is 217 Å². The molecule has 422 valence electrons. The SMILES string of the molecule is CC(C)(C)c1cc(N(c2cc(-c3ccccc3)cc(-c3ccc(C#N)cc3)c2)c2ccc3ccc4c(N(c5cc(-c6ccccc6)cc(-c6ccc(C#N)cc6)c5)c5cc(C(C)(C)C)cc(C(C)(C)C)c5)ccc5ccc2c3c54)cc(C(C)(C)C)c1. The van der Waals surface area contributed by atoms with Crippen molar-refractivity contribution in [1.82, 2.24) is 0 Å². The fourth-order valence-corrected chi connectivity index (χ4v) is 12.1. The van der Waals surface area contributed by atoms with E-state index in [2.05, 4.69) is 311 Å². The van der Waals surface area contributed by atoms with Crippen LogP contribution >= 0.6 is 0 Å². The van der Waals surface area contributed by atoms with Crippen molar-refractivity contribution < 1.29 is 0 Å². The van der Waals surface area contributed by atoms with Gasteiger partial charge in [-0.25, -0.2) is 0 Å². The van der Waals surface area contributed by atoms with Crippen LogP contribution in [0.2, 0.25) is 0 Å². The molecule has 0 saturated carbocycles. The number of nitriles is 2. The van der Waals surface area contributed by atoms with E-state index in [1.807, 2.05) is 24.3 Å². The van der Waals surface area contributed by atoms with Gasteiger partial charge in [0, 0.05) is 33.5 Å². The molecule has 4 nitrogen and oxygen atoms in total. The summed E-state index contributed by atoms with van der Waals surface area (Å²) in [5, 5.41) is 26.8. The molecule has 0 heterocycles. The van der Waals surface area contributed by atoms with E-state index in [9.17, 15) is 10.5 Å². The van der Waals surface area contributed by atoms with Crippen LogP contribution in [0.3, 0.4) is 0 Å². The Labute approximate surface area is 509 Å². The van der Waals surface area contributed by atoms with Crippen LogP contribution in [0.4, 0.5) is 34.1 Å². The van der Waals surface area contributed by atoms with Crippen LogP contribution in [0.15, 0.2) is 231 Å². The van der Waals surface area contributed by atoms with E-state index >= 15 is 0 Å². The Hall–Kier alpha value is -9.74. The van der Waals surface area contributed by atoms with E-state index < -0.39 is 0 Å². The molecule has 0 radical (unpaired) electrons. The third-order valence-corrected chi connectivity index (χ3v) is 17.2. The second-order valence-electron chi connectivity index (χ2n) is 27.4. The molecular formula is C82H74N4. The highest BCUT2D eigenvalue weighted by molar-refractivity contribution is 6.28. The predicted molar refractivity (Wildman–Crippen MR) is 365 cm³/mol. The lowest BCUT2D eigenvalue weighted by Gasteiger charge is -2.33. The first-order valence-corrected chi connectivity index (χ1v) is 30.1. The van der Waals surface area contributed by atoms with E-state index in [1.165, 1.54) is 43.8 Å². The molecule has 86 heavy (non-hydrogen) atoms. The van der Waals surface area contributed by atoms with Gasteiger partial charge in [-0.2, -0.15) is 10.5 Å². The van der Waals surface area contributed by atoms with Gasteiger partial charge in [-0.3, -0.25) is 0 Å². The van der Waals surface area contributed by atoms with Gasteiger partial charge in [0.05, 0.1) is 34.6 Å². The monoisotopic (exact) mass is 1110 g/mol. The molecule has 0 fully saturated rings. The number of nitrogens with zero attached hydrogens (tertiary/aromatic N) is 4. The van der Waals surface area contributed by atoms with Crippen LogP contribution in [-0.4, -0.2) is 0 Å². The van der Waals surface area contributed by atoms with Crippen LogP contribution in [0.1, 0.15) is 116 Å². The van der Waals surface area contributed by atoms with Gasteiger partial charge in [-0.05, 0) is 207 Å². The lowest BCUT2D eigenvalue weighted by atomic mass is 9.80. The summed E-state index contributed by atoms with van der Waals surface area (Å²) in [4.78, 5) is 5.02. The zero-order valence-electron chi connectivity index (χ0n) is 51.7. The topological polar surface area (TPSA) is 54.1 Å². The summed E-state index contributed by atoms with van der Waals surface area (Å²) < 4.78 is 0. The molecule has 0 amide bonds. The van der Waals surface area contributed by atoms with Gasteiger partial charge in [0.25, 0.3) is 0 Å². The molecule has 0 aliphatic rings. The highest BCUT2D eigenvalue weighted by Gasteiger charge is 2.29. The zero-order valence-corrected chi connectivity index (χ0v) is 51.7. The van der Waals surface area contributed by atoms with E-state index in [-0.39, 0.29) is 21.7 Å². The minimum absolute atomic E-state index is 0.143. The summed E-state index contributed by atoms with van der Waals surface area (Å²) in [6.45, 7) is 27.8. The Kier molecular flexibility index (Phi) is 14.3.